The zero-order valence-electron chi connectivity index (χ0n) is 12.8. The van der Waals surface area contributed by atoms with Crippen LogP contribution in [0.1, 0.15) is 40.5 Å². The van der Waals surface area contributed by atoms with Crippen molar-refractivity contribution in [3.8, 4) is 0 Å². The van der Waals surface area contributed by atoms with Gasteiger partial charge < -0.3 is 5.32 Å². The first-order valence-corrected chi connectivity index (χ1v) is 7.49. The van der Waals surface area contributed by atoms with E-state index in [0.717, 1.165) is 26.2 Å². The van der Waals surface area contributed by atoms with E-state index in [1.165, 1.54) is 12.8 Å². The predicted molar refractivity (Wildman–Crippen MR) is 79.2 cm³/mol. The van der Waals surface area contributed by atoms with Crippen LogP contribution >= 0.6 is 0 Å². The van der Waals surface area contributed by atoms with E-state index in [2.05, 4.69) is 43.0 Å². The van der Waals surface area contributed by atoms with Crippen LogP contribution in [0.2, 0.25) is 0 Å². The van der Waals surface area contributed by atoms with Gasteiger partial charge >= 0.3 is 0 Å². The van der Waals surface area contributed by atoms with Crippen LogP contribution in [0.15, 0.2) is 18.5 Å². The van der Waals surface area contributed by atoms with E-state index >= 15 is 0 Å². The second kappa shape index (κ2) is 5.63. The monoisotopic (exact) mass is 264 g/mol. The van der Waals surface area contributed by atoms with Gasteiger partial charge in [-0.25, -0.2) is 0 Å². The number of hydrogen-bond acceptors (Lipinski definition) is 3. The Hall–Kier alpha value is -0.870. The summed E-state index contributed by atoms with van der Waals surface area (Å²) in [5.41, 5.74) is 0.515. The van der Waals surface area contributed by atoms with Crippen LogP contribution in [0.5, 0.6) is 0 Å². The standard InChI is InChI=1S/C15H28N4/c1-5-15(6-2)12-16-14(3,4)13-18(15)10-11-19-9-7-8-17-19/h7-9,16H,5-6,10-13H2,1-4H3. The SMILES string of the molecule is CCC1(CC)CNC(C)(C)CN1CCn1cccn1. The molecule has 1 fully saturated rings. The molecule has 0 aliphatic carbocycles. The molecule has 1 aromatic heterocycles. The summed E-state index contributed by atoms with van der Waals surface area (Å²) in [6.07, 6.45) is 6.30. The van der Waals surface area contributed by atoms with Gasteiger partial charge in [0.05, 0.1) is 6.54 Å². The van der Waals surface area contributed by atoms with Gasteiger partial charge in [0.2, 0.25) is 0 Å². The Balaban J connectivity index is 2.06. The number of rotatable bonds is 5. The zero-order chi connectivity index (χ0) is 13.9. The maximum Gasteiger partial charge on any atom is 0.0536 e. The molecule has 4 nitrogen and oxygen atoms in total. The molecule has 1 aliphatic heterocycles. The molecule has 0 aromatic carbocycles. The lowest BCUT2D eigenvalue weighted by Crippen LogP contribution is -2.68. The quantitative estimate of drug-likeness (QED) is 0.884. The van der Waals surface area contributed by atoms with Crippen LogP contribution in [0, 0.1) is 0 Å². The summed E-state index contributed by atoms with van der Waals surface area (Å²) in [4.78, 5) is 2.67. The lowest BCUT2D eigenvalue weighted by Gasteiger charge is -2.52. The van der Waals surface area contributed by atoms with Crippen molar-refractivity contribution in [2.75, 3.05) is 19.6 Å². The Kier molecular flexibility index (Phi) is 4.31. The highest BCUT2D eigenvalue weighted by Gasteiger charge is 2.41. The fraction of sp³-hybridized carbons (Fsp3) is 0.800. The first kappa shape index (κ1) is 14.5. The molecule has 1 aliphatic rings. The second-order valence-corrected chi connectivity index (χ2v) is 6.36. The van der Waals surface area contributed by atoms with E-state index in [9.17, 15) is 0 Å². The zero-order valence-corrected chi connectivity index (χ0v) is 12.8. The minimum Gasteiger partial charge on any atom is -0.309 e. The maximum atomic E-state index is 4.31. The van der Waals surface area contributed by atoms with Crippen molar-refractivity contribution in [1.82, 2.24) is 20.0 Å². The van der Waals surface area contributed by atoms with Gasteiger partial charge in [0.15, 0.2) is 0 Å². The predicted octanol–water partition coefficient (Wildman–Crippen LogP) is 2.13. The van der Waals surface area contributed by atoms with E-state index in [0.29, 0.717) is 5.54 Å². The van der Waals surface area contributed by atoms with Crippen molar-refractivity contribution in [1.29, 1.82) is 0 Å². The van der Waals surface area contributed by atoms with Crippen molar-refractivity contribution in [3.63, 3.8) is 0 Å². The summed E-state index contributed by atoms with van der Waals surface area (Å²) in [5.74, 6) is 0. The normalized spacial score (nSPS) is 22.5. The van der Waals surface area contributed by atoms with Gasteiger partial charge in [-0.1, -0.05) is 13.8 Å². The van der Waals surface area contributed by atoms with Crippen LogP contribution in [-0.4, -0.2) is 45.4 Å². The van der Waals surface area contributed by atoms with E-state index in [1.54, 1.807) is 0 Å². The van der Waals surface area contributed by atoms with E-state index in [-0.39, 0.29) is 5.54 Å². The molecule has 1 N–H and O–H groups in total. The summed E-state index contributed by atoms with van der Waals surface area (Å²) < 4.78 is 2.03. The highest BCUT2D eigenvalue weighted by Crippen LogP contribution is 2.29. The Labute approximate surface area is 117 Å². The maximum absolute atomic E-state index is 4.31. The van der Waals surface area contributed by atoms with Gasteiger partial charge in [-0.05, 0) is 32.8 Å². The summed E-state index contributed by atoms with van der Waals surface area (Å²) in [6.45, 7) is 13.5. The van der Waals surface area contributed by atoms with Crippen molar-refractivity contribution in [2.24, 2.45) is 0 Å². The van der Waals surface area contributed by atoms with Crippen molar-refractivity contribution in [2.45, 2.75) is 58.2 Å². The Morgan fingerprint density at radius 1 is 1.21 bits per heavy atom. The minimum atomic E-state index is 0.206. The van der Waals surface area contributed by atoms with Crippen molar-refractivity contribution < 1.29 is 0 Å². The molecule has 108 valence electrons. The first-order chi connectivity index (χ1) is 9.01. The average molecular weight is 264 g/mol. The fourth-order valence-electron chi connectivity index (χ4n) is 3.14. The molecule has 0 saturated carbocycles. The van der Waals surface area contributed by atoms with Crippen LogP contribution < -0.4 is 5.32 Å². The molecule has 0 spiro atoms. The molecule has 0 amide bonds. The third kappa shape index (κ3) is 3.18. The van der Waals surface area contributed by atoms with Crippen LogP contribution in [-0.2, 0) is 6.54 Å². The largest absolute Gasteiger partial charge is 0.309 e. The Bertz CT molecular complexity index is 379. The number of nitrogens with one attached hydrogen (secondary N) is 1. The van der Waals surface area contributed by atoms with Gasteiger partial charge in [-0.2, -0.15) is 5.10 Å². The summed E-state index contributed by atoms with van der Waals surface area (Å²) in [5, 5.41) is 8.02. The van der Waals surface area contributed by atoms with E-state index in [1.807, 2.05) is 23.1 Å². The van der Waals surface area contributed by atoms with E-state index in [4.69, 9.17) is 0 Å². The van der Waals surface area contributed by atoms with Crippen molar-refractivity contribution >= 4 is 0 Å². The molecule has 2 heterocycles. The number of piperazine rings is 1. The lowest BCUT2D eigenvalue weighted by atomic mass is 9.84. The highest BCUT2D eigenvalue weighted by atomic mass is 15.3. The average Bonchev–Trinajstić information content (AvgIpc) is 2.90. The third-order valence-electron chi connectivity index (χ3n) is 4.63. The van der Waals surface area contributed by atoms with Gasteiger partial charge in [-0.3, -0.25) is 9.58 Å². The molecule has 0 unspecified atom stereocenters. The molecular weight excluding hydrogens is 236 g/mol. The Morgan fingerprint density at radius 3 is 2.53 bits per heavy atom. The topological polar surface area (TPSA) is 33.1 Å². The van der Waals surface area contributed by atoms with E-state index < -0.39 is 0 Å². The van der Waals surface area contributed by atoms with Crippen LogP contribution in [0.3, 0.4) is 0 Å². The minimum absolute atomic E-state index is 0.206. The van der Waals surface area contributed by atoms with Crippen LogP contribution in [0.4, 0.5) is 0 Å². The lowest BCUT2D eigenvalue weighted by molar-refractivity contribution is 0.00595. The smallest absolute Gasteiger partial charge is 0.0536 e. The molecule has 0 bridgehead atoms. The Morgan fingerprint density at radius 2 is 1.95 bits per heavy atom. The van der Waals surface area contributed by atoms with Crippen molar-refractivity contribution in [3.05, 3.63) is 18.5 Å². The van der Waals surface area contributed by atoms with Gasteiger partial charge in [-0.15, -0.1) is 0 Å². The van der Waals surface area contributed by atoms with Gasteiger partial charge in [0.1, 0.15) is 0 Å². The molecule has 2 rings (SSSR count). The summed E-state index contributed by atoms with van der Waals surface area (Å²) in [6, 6.07) is 1.99. The molecule has 19 heavy (non-hydrogen) atoms. The molecule has 0 radical (unpaired) electrons. The fourth-order valence-corrected chi connectivity index (χ4v) is 3.14. The molecule has 1 aromatic rings. The first-order valence-electron chi connectivity index (χ1n) is 7.49. The molecule has 0 atom stereocenters. The number of nitrogens with zero attached hydrogens (tertiary/aromatic N) is 3. The third-order valence-corrected chi connectivity index (χ3v) is 4.63. The molecule has 1 saturated heterocycles. The van der Waals surface area contributed by atoms with Gasteiger partial charge in [0.25, 0.3) is 0 Å². The summed E-state index contributed by atoms with van der Waals surface area (Å²) >= 11 is 0. The number of aromatic nitrogens is 2. The molecule has 4 heteroatoms. The highest BCUT2D eigenvalue weighted by molar-refractivity contribution is 5.01. The van der Waals surface area contributed by atoms with Gasteiger partial charge in [0, 0.05) is 43.1 Å². The second-order valence-electron chi connectivity index (χ2n) is 6.36. The van der Waals surface area contributed by atoms with Crippen LogP contribution in [0.25, 0.3) is 0 Å². The molecular formula is C15H28N4. The number of hydrogen-bond donors (Lipinski definition) is 1. The summed E-state index contributed by atoms with van der Waals surface area (Å²) in [7, 11) is 0.